The fourth-order valence-electron chi connectivity index (χ4n) is 2.56. The number of rotatable bonds is 4. The minimum atomic E-state index is -0.00204. The molecule has 0 amide bonds. The van der Waals surface area contributed by atoms with Crippen LogP contribution in [0.5, 0.6) is 0 Å². The maximum absolute atomic E-state index is 6.40. The van der Waals surface area contributed by atoms with E-state index in [1.807, 2.05) is 6.07 Å². The van der Waals surface area contributed by atoms with E-state index in [9.17, 15) is 0 Å². The fraction of sp³-hybridized carbons (Fsp3) is 0.500. The van der Waals surface area contributed by atoms with Crippen LogP contribution >= 0.6 is 0 Å². The Bertz CT molecular complexity index is 589. The van der Waals surface area contributed by atoms with Gasteiger partial charge in [-0.3, -0.25) is 0 Å². The van der Waals surface area contributed by atoms with E-state index in [-0.39, 0.29) is 5.41 Å². The predicted octanol–water partition coefficient (Wildman–Crippen LogP) is 4.01. The summed E-state index contributed by atoms with van der Waals surface area (Å²) in [7, 11) is 0. The second kappa shape index (κ2) is 5.92. The van der Waals surface area contributed by atoms with Crippen molar-refractivity contribution in [1.29, 1.82) is 0 Å². The van der Waals surface area contributed by atoms with Crippen LogP contribution in [0.2, 0.25) is 0 Å². The van der Waals surface area contributed by atoms with E-state index in [0.717, 1.165) is 30.3 Å². The van der Waals surface area contributed by atoms with E-state index >= 15 is 0 Å². The molecule has 3 nitrogen and oxygen atoms in total. The molecule has 0 saturated carbocycles. The van der Waals surface area contributed by atoms with Gasteiger partial charge in [0, 0.05) is 18.4 Å². The number of nitrogen functional groups attached to an aromatic ring is 1. The first-order valence-electron chi connectivity index (χ1n) is 7.68. The molecule has 3 heteroatoms. The Morgan fingerprint density at radius 1 is 1.14 bits per heavy atom. The van der Waals surface area contributed by atoms with Crippen molar-refractivity contribution in [3.63, 3.8) is 0 Å². The van der Waals surface area contributed by atoms with E-state index in [2.05, 4.69) is 63.5 Å². The average Bonchev–Trinajstić information content (AvgIpc) is 2.68. The molecule has 114 valence electrons. The molecule has 0 aliphatic rings. The SMILES string of the molecule is CC(C)Cn1c(C(C)(C)C)nc(Cc2ccccc2)c1N. The molecule has 1 aromatic heterocycles. The molecule has 0 atom stereocenters. The van der Waals surface area contributed by atoms with Crippen LogP contribution in [0.4, 0.5) is 5.82 Å². The molecule has 0 unspecified atom stereocenters. The topological polar surface area (TPSA) is 43.8 Å². The summed E-state index contributed by atoms with van der Waals surface area (Å²) < 4.78 is 2.20. The Balaban J connectivity index is 2.41. The quantitative estimate of drug-likeness (QED) is 0.922. The van der Waals surface area contributed by atoms with Gasteiger partial charge in [0.1, 0.15) is 11.6 Å². The van der Waals surface area contributed by atoms with Gasteiger partial charge in [-0.15, -0.1) is 0 Å². The van der Waals surface area contributed by atoms with E-state index < -0.39 is 0 Å². The van der Waals surface area contributed by atoms with Gasteiger partial charge in [0.15, 0.2) is 0 Å². The van der Waals surface area contributed by atoms with E-state index in [1.165, 1.54) is 5.56 Å². The highest BCUT2D eigenvalue weighted by atomic mass is 15.2. The van der Waals surface area contributed by atoms with Gasteiger partial charge < -0.3 is 10.3 Å². The number of anilines is 1. The molecule has 0 saturated heterocycles. The molecular weight excluding hydrogens is 258 g/mol. The van der Waals surface area contributed by atoms with Crippen LogP contribution in [-0.4, -0.2) is 9.55 Å². The lowest BCUT2D eigenvalue weighted by atomic mass is 9.95. The fourth-order valence-corrected chi connectivity index (χ4v) is 2.56. The van der Waals surface area contributed by atoms with Gasteiger partial charge in [-0.2, -0.15) is 0 Å². The Kier molecular flexibility index (Phi) is 4.40. The summed E-state index contributed by atoms with van der Waals surface area (Å²) >= 11 is 0. The Morgan fingerprint density at radius 2 is 1.76 bits per heavy atom. The van der Waals surface area contributed by atoms with Crippen LogP contribution in [0.25, 0.3) is 0 Å². The van der Waals surface area contributed by atoms with Gasteiger partial charge in [0.25, 0.3) is 0 Å². The van der Waals surface area contributed by atoms with Crippen LogP contribution in [0.15, 0.2) is 30.3 Å². The van der Waals surface area contributed by atoms with Crippen molar-refractivity contribution < 1.29 is 0 Å². The molecule has 0 radical (unpaired) electrons. The second-order valence-electron chi connectivity index (χ2n) is 7.18. The zero-order chi connectivity index (χ0) is 15.6. The van der Waals surface area contributed by atoms with Crippen LogP contribution in [-0.2, 0) is 18.4 Å². The molecule has 2 aromatic rings. The lowest BCUT2D eigenvalue weighted by Crippen LogP contribution is -2.21. The molecule has 0 aliphatic carbocycles. The van der Waals surface area contributed by atoms with Crippen molar-refractivity contribution in [2.75, 3.05) is 5.73 Å². The van der Waals surface area contributed by atoms with Gasteiger partial charge in [0.05, 0.1) is 5.69 Å². The monoisotopic (exact) mass is 285 g/mol. The van der Waals surface area contributed by atoms with Gasteiger partial charge in [-0.1, -0.05) is 65.0 Å². The average molecular weight is 285 g/mol. The number of nitrogens with zero attached hydrogens (tertiary/aromatic N) is 2. The zero-order valence-electron chi connectivity index (χ0n) is 13.9. The highest BCUT2D eigenvalue weighted by Gasteiger charge is 2.25. The minimum Gasteiger partial charge on any atom is -0.384 e. The van der Waals surface area contributed by atoms with Crippen molar-refractivity contribution in [1.82, 2.24) is 9.55 Å². The van der Waals surface area contributed by atoms with Crippen LogP contribution < -0.4 is 5.73 Å². The summed E-state index contributed by atoms with van der Waals surface area (Å²) in [5.41, 5.74) is 8.64. The van der Waals surface area contributed by atoms with Crippen LogP contribution in [0.1, 0.15) is 51.7 Å². The van der Waals surface area contributed by atoms with Crippen molar-refractivity contribution in [2.24, 2.45) is 5.92 Å². The molecule has 1 heterocycles. The third kappa shape index (κ3) is 3.66. The van der Waals surface area contributed by atoms with Gasteiger partial charge in [0.2, 0.25) is 0 Å². The predicted molar refractivity (Wildman–Crippen MR) is 89.4 cm³/mol. The maximum Gasteiger partial charge on any atom is 0.127 e. The smallest absolute Gasteiger partial charge is 0.127 e. The summed E-state index contributed by atoms with van der Waals surface area (Å²) in [5.74, 6) is 2.45. The lowest BCUT2D eigenvalue weighted by Gasteiger charge is -2.21. The van der Waals surface area contributed by atoms with Gasteiger partial charge >= 0.3 is 0 Å². The van der Waals surface area contributed by atoms with E-state index in [4.69, 9.17) is 10.7 Å². The number of aromatic nitrogens is 2. The molecule has 0 spiro atoms. The first-order valence-corrected chi connectivity index (χ1v) is 7.68. The lowest BCUT2D eigenvalue weighted by molar-refractivity contribution is 0.454. The van der Waals surface area contributed by atoms with E-state index in [1.54, 1.807) is 0 Å². The normalized spacial score (nSPS) is 12.1. The highest BCUT2D eigenvalue weighted by Crippen LogP contribution is 2.28. The highest BCUT2D eigenvalue weighted by molar-refractivity contribution is 5.42. The first-order chi connectivity index (χ1) is 9.79. The number of benzene rings is 1. The number of nitrogens with two attached hydrogens (primary N) is 1. The van der Waals surface area contributed by atoms with Gasteiger partial charge in [-0.05, 0) is 11.5 Å². The number of hydrogen-bond acceptors (Lipinski definition) is 2. The van der Waals surface area contributed by atoms with Crippen molar-refractivity contribution in [3.8, 4) is 0 Å². The van der Waals surface area contributed by atoms with Crippen LogP contribution in [0.3, 0.4) is 0 Å². The molecule has 21 heavy (non-hydrogen) atoms. The summed E-state index contributed by atoms with van der Waals surface area (Å²) in [5, 5.41) is 0. The third-order valence-corrected chi connectivity index (χ3v) is 3.52. The zero-order valence-corrected chi connectivity index (χ0v) is 13.9. The summed E-state index contributed by atoms with van der Waals surface area (Å²) in [4.78, 5) is 4.87. The molecular formula is C18H27N3. The largest absolute Gasteiger partial charge is 0.384 e. The standard InChI is InChI=1S/C18H27N3/c1-13(2)12-21-16(19)15(20-17(21)18(3,4)5)11-14-9-7-6-8-10-14/h6-10,13H,11-12,19H2,1-5H3. The van der Waals surface area contributed by atoms with E-state index in [0.29, 0.717) is 5.92 Å². The van der Waals surface area contributed by atoms with Gasteiger partial charge in [-0.25, -0.2) is 4.98 Å². The first kappa shape index (κ1) is 15.6. The summed E-state index contributed by atoms with van der Waals surface area (Å²) in [6.07, 6.45) is 0.793. The molecule has 0 aliphatic heterocycles. The van der Waals surface area contributed by atoms with Crippen molar-refractivity contribution >= 4 is 5.82 Å². The Hall–Kier alpha value is -1.77. The second-order valence-corrected chi connectivity index (χ2v) is 7.18. The van der Waals surface area contributed by atoms with Crippen molar-refractivity contribution in [2.45, 2.75) is 53.0 Å². The molecule has 2 N–H and O–H groups in total. The number of imidazole rings is 1. The minimum absolute atomic E-state index is 0.00204. The summed E-state index contributed by atoms with van der Waals surface area (Å²) in [6.45, 7) is 11.9. The maximum atomic E-state index is 6.40. The van der Waals surface area contributed by atoms with Crippen LogP contribution in [0, 0.1) is 5.92 Å². The third-order valence-electron chi connectivity index (χ3n) is 3.52. The molecule has 0 fully saturated rings. The molecule has 2 rings (SSSR count). The number of hydrogen-bond donors (Lipinski definition) is 1. The Labute approximate surface area is 128 Å². The molecule has 1 aromatic carbocycles. The Morgan fingerprint density at radius 3 is 2.29 bits per heavy atom. The summed E-state index contributed by atoms with van der Waals surface area (Å²) in [6, 6.07) is 10.4. The molecule has 0 bridgehead atoms. The van der Waals surface area contributed by atoms with Crippen molar-refractivity contribution in [3.05, 3.63) is 47.4 Å².